The lowest BCUT2D eigenvalue weighted by molar-refractivity contribution is -0.116. The van der Waals surface area contributed by atoms with Gasteiger partial charge in [0.25, 0.3) is 0 Å². The highest BCUT2D eigenvalue weighted by Crippen LogP contribution is 2.22. The van der Waals surface area contributed by atoms with E-state index in [2.05, 4.69) is 11.9 Å². The Hall–Kier alpha value is -1.97. The molecule has 0 bridgehead atoms. The molecule has 16 heavy (non-hydrogen) atoms. The maximum Gasteiger partial charge on any atom is 0.243 e. The van der Waals surface area contributed by atoms with Crippen molar-refractivity contribution >= 4 is 5.91 Å². The number of carbonyl (C=O) groups is 1. The number of methoxy groups -OCH3 is 2. The van der Waals surface area contributed by atoms with Crippen LogP contribution in [0.4, 0.5) is 0 Å². The van der Waals surface area contributed by atoms with Gasteiger partial charge in [-0.25, -0.2) is 0 Å². The maximum absolute atomic E-state index is 11.0. The van der Waals surface area contributed by atoms with Crippen molar-refractivity contribution < 1.29 is 14.3 Å². The summed E-state index contributed by atoms with van der Waals surface area (Å²) in [4.78, 5) is 11.0. The molecule has 1 amide bonds. The van der Waals surface area contributed by atoms with Crippen LogP contribution in [0.1, 0.15) is 5.56 Å². The van der Waals surface area contributed by atoms with E-state index in [0.717, 1.165) is 5.56 Å². The highest BCUT2D eigenvalue weighted by Gasteiger charge is 2.02. The summed E-state index contributed by atoms with van der Waals surface area (Å²) in [5, 5.41) is 2.68. The molecule has 0 aliphatic carbocycles. The fraction of sp³-hybridized carbons (Fsp3) is 0.250. The minimum Gasteiger partial charge on any atom is -0.497 e. The van der Waals surface area contributed by atoms with Gasteiger partial charge in [-0.15, -0.1) is 0 Å². The zero-order chi connectivity index (χ0) is 12.0. The number of benzene rings is 1. The van der Waals surface area contributed by atoms with Crippen LogP contribution in [0.15, 0.2) is 30.9 Å². The average Bonchev–Trinajstić information content (AvgIpc) is 2.35. The molecule has 0 atom stereocenters. The van der Waals surface area contributed by atoms with Crippen molar-refractivity contribution in [2.45, 2.75) is 6.54 Å². The molecule has 0 saturated heterocycles. The lowest BCUT2D eigenvalue weighted by Gasteiger charge is -2.08. The molecule has 1 aromatic carbocycles. The molecule has 0 fully saturated rings. The molecule has 0 radical (unpaired) electrons. The van der Waals surface area contributed by atoms with Crippen LogP contribution in [-0.2, 0) is 11.3 Å². The molecule has 4 heteroatoms. The van der Waals surface area contributed by atoms with E-state index < -0.39 is 0 Å². The van der Waals surface area contributed by atoms with E-state index in [1.54, 1.807) is 20.3 Å². The Balaban J connectivity index is 2.78. The highest BCUT2D eigenvalue weighted by atomic mass is 16.5. The second kappa shape index (κ2) is 5.80. The number of rotatable bonds is 5. The van der Waals surface area contributed by atoms with Crippen molar-refractivity contribution in [3.05, 3.63) is 36.4 Å². The van der Waals surface area contributed by atoms with Gasteiger partial charge in [0.15, 0.2) is 0 Å². The first kappa shape index (κ1) is 12.1. The SMILES string of the molecule is C=CC(=O)NCc1cc(OC)cc(OC)c1. The first-order valence-corrected chi connectivity index (χ1v) is 4.81. The molecule has 0 aliphatic heterocycles. The van der Waals surface area contributed by atoms with Crippen LogP contribution in [0.5, 0.6) is 11.5 Å². The molecule has 0 aliphatic rings. The fourth-order valence-electron chi connectivity index (χ4n) is 1.23. The van der Waals surface area contributed by atoms with Crippen molar-refractivity contribution in [1.29, 1.82) is 0 Å². The normalized spacial score (nSPS) is 9.38. The second-order valence-electron chi connectivity index (χ2n) is 3.14. The molecule has 0 saturated carbocycles. The fourth-order valence-corrected chi connectivity index (χ4v) is 1.23. The Morgan fingerprint density at radius 2 is 1.88 bits per heavy atom. The van der Waals surface area contributed by atoms with E-state index in [1.165, 1.54) is 6.08 Å². The van der Waals surface area contributed by atoms with Crippen LogP contribution in [0, 0.1) is 0 Å². The summed E-state index contributed by atoms with van der Waals surface area (Å²) in [5.74, 6) is 1.19. The third-order valence-corrected chi connectivity index (χ3v) is 2.06. The maximum atomic E-state index is 11.0. The average molecular weight is 221 g/mol. The third-order valence-electron chi connectivity index (χ3n) is 2.06. The van der Waals surface area contributed by atoms with Gasteiger partial charge in [-0.3, -0.25) is 4.79 Å². The number of hydrogen-bond donors (Lipinski definition) is 1. The Bertz CT molecular complexity index is 366. The van der Waals surface area contributed by atoms with Gasteiger partial charge in [-0.05, 0) is 23.8 Å². The summed E-state index contributed by atoms with van der Waals surface area (Å²) in [7, 11) is 3.17. The van der Waals surface area contributed by atoms with Crippen molar-refractivity contribution in [3.8, 4) is 11.5 Å². The minimum absolute atomic E-state index is 0.207. The van der Waals surface area contributed by atoms with Gasteiger partial charge >= 0.3 is 0 Å². The molecule has 1 N–H and O–H groups in total. The summed E-state index contributed by atoms with van der Waals surface area (Å²) in [6.07, 6.45) is 1.23. The van der Waals surface area contributed by atoms with Crippen LogP contribution in [0.3, 0.4) is 0 Å². The molecule has 86 valence electrons. The number of ether oxygens (including phenoxy) is 2. The van der Waals surface area contributed by atoms with E-state index in [0.29, 0.717) is 18.0 Å². The molecule has 4 nitrogen and oxygen atoms in total. The lowest BCUT2D eigenvalue weighted by atomic mass is 10.2. The standard InChI is InChI=1S/C12H15NO3/c1-4-12(14)13-8-9-5-10(15-2)7-11(6-9)16-3/h4-7H,1,8H2,2-3H3,(H,13,14). The van der Waals surface area contributed by atoms with Crippen LogP contribution in [0.2, 0.25) is 0 Å². The minimum atomic E-state index is -0.207. The summed E-state index contributed by atoms with van der Waals surface area (Å²) in [5.41, 5.74) is 0.909. The molecular weight excluding hydrogens is 206 g/mol. The highest BCUT2D eigenvalue weighted by molar-refractivity contribution is 5.86. The van der Waals surface area contributed by atoms with Gasteiger partial charge in [0.1, 0.15) is 11.5 Å². The van der Waals surface area contributed by atoms with Gasteiger partial charge in [-0.2, -0.15) is 0 Å². The monoisotopic (exact) mass is 221 g/mol. The van der Waals surface area contributed by atoms with Crippen LogP contribution < -0.4 is 14.8 Å². The smallest absolute Gasteiger partial charge is 0.243 e. The number of hydrogen-bond acceptors (Lipinski definition) is 3. The largest absolute Gasteiger partial charge is 0.497 e. The van der Waals surface area contributed by atoms with E-state index in [9.17, 15) is 4.79 Å². The predicted octanol–water partition coefficient (Wildman–Crippen LogP) is 1.51. The van der Waals surface area contributed by atoms with Crippen molar-refractivity contribution in [2.24, 2.45) is 0 Å². The zero-order valence-corrected chi connectivity index (χ0v) is 9.45. The van der Waals surface area contributed by atoms with Crippen LogP contribution in [0.25, 0.3) is 0 Å². The van der Waals surface area contributed by atoms with Crippen molar-refractivity contribution in [2.75, 3.05) is 14.2 Å². The van der Waals surface area contributed by atoms with Gasteiger partial charge < -0.3 is 14.8 Å². The van der Waals surface area contributed by atoms with Crippen LogP contribution >= 0.6 is 0 Å². The zero-order valence-electron chi connectivity index (χ0n) is 9.45. The first-order valence-electron chi connectivity index (χ1n) is 4.81. The van der Waals surface area contributed by atoms with Gasteiger partial charge in [0.05, 0.1) is 14.2 Å². The Labute approximate surface area is 94.9 Å². The van der Waals surface area contributed by atoms with Gasteiger partial charge in [0, 0.05) is 12.6 Å². The Kier molecular flexibility index (Phi) is 4.39. The molecule has 0 spiro atoms. The summed E-state index contributed by atoms with van der Waals surface area (Å²) >= 11 is 0. The number of carbonyl (C=O) groups excluding carboxylic acids is 1. The first-order chi connectivity index (χ1) is 7.69. The Morgan fingerprint density at radius 3 is 2.31 bits per heavy atom. The van der Waals surface area contributed by atoms with Crippen molar-refractivity contribution in [1.82, 2.24) is 5.32 Å². The molecule has 1 aromatic rings. The third kappa shape index (κ3) is 3.31. The summed E-state index contributed by atoms with van der Waals surface area (Å²) < 4.78 is 10.2. The molecule has 0 unspecified atom stereocenters. The lowest BCUT2D eigenvalue weighted by Crippen LogP contribution is -2.19. The quantitative estimate of drug-likeness (QED) is 0.766. The van der Waals surface area contributed by atoms with E-state index in [4.69, 9.17) is 9.47 Å². The second-order valence-corrected chi connectivity index (χ2v) is 3.14. The molecular formula is C12H15NO3. The van der Waals surface area contributed by atoms with E-state index >= 15 is 0 Å². The summed E-state index contributed by atoms with van der Waals surface area (Å²) in [6, 6.07) is 5.45. The van der Waals surface area contributed by atoms with Gasteiger partial charge in [-0.1, -0.05) is 6.58 Å². The topological polar surface area (TPSA) is 47.6 Å². The number of amides is 1. The molecule has 0 aromatic heterocycles. The molecule has 1 rings (SSSR count). The van der Waals surface area contributed by atoms with Crippen LogP contribution in [-0.4, -0.2) is 20.1 Å². The van der Waals surface area contributed by atoms with Crippen molar-refractivity contribution in [3.63, 3.8) is 0 Å². The Morgan fingerprint density at radius 1 is 1.31 bits per heavy atom. The van der Waals surface area contributed by atoms with E-state index in [-0.39, 0.29) is 5.91 Å². The molecule has 0 heterocycles. The van der Waals surface area contributed by atoms with Gasteiger partial charge in [0.2, 0.25) is 5.91 Å². The summed E-state index contributed by atoms with van der Waals surface area (Å²) in [6.45, 7) is 3.79. The van der Waals surface area contributed by atoms with E-state index in [1.807, 2.05) is 12.1 Å². The predicted molar refractivity (Wildman–Crippen MR) is 61.6 cm³/mol. The number of nitrogens with one attached hydrogen (secondary N) is 1.